The van der Waals surface area contributed by atoms with Crippen LogP contribution >= 0.6 is 7.82 Å². The molecule has 0 saturated carbocycles. The number of amides is 1. The van der Waals surface area contributed by atoms with E-state index >= 15 is 0 Å². The van der Waals surface area contributed by atoms with Gasteiger partial charge in [0.2, 0.25) is 5.91 Å². The molecule has 0 aliphatic carbocycles. The van der Waals surface area contributed by atoms with E-state index in [1.165, 1.54) is 161 Å². The van der Waals surface area contributed by atoms with Crippen molar-refractivity contribution in [1.82, 2.24) is 5.32 Å². The van der Waals surface area contributed by atoms with Crippen LogP contribution in [0.1, 0.15) is 213 Å². The van der Waals surface area contributed by atoms with Gasteiger partial charge in [-0.25, -0.2) is 4.57 Å². The van der Waals surface area contributed by atoms with E-state index in [1.54, 1.807) is 6.08 Å². The number of aliphatic hydroxyl groups is 1. The average molecular weight is 774 g/mol. The first-order valence-corrected chi connectivity index (χ1v) is 24.1. The number of nitrogens with zero attached hydrogens (tertiary/aromatic N) is 1. The van der Waals surface area contributed by atoms with Crippen LogP contribution in [0.2, 0.25) is 0 Å². The average Bonchev–Trinajstić information content (AvgIpc) is 3.10. The second kappa shape index (κ2) is 36.9. The quantitative estimate of drug-likeness (QED) is 0.0247. The number of hydrogen-bond acceptors (Lipinski definition) is 5. The first-order valence-electron chi connectivity index (χ1n) is 22.6. The number of likely N-dealkylation sites (N-methyl/N-ethyl adjacent to an activating group) is 1. The van der Waals surface area contributed by atoms with Gasteiger partial charge in [-0.05, 0) is 19.3 Å². The van der Waals surface area contributed by atoms with Crippen LogP contribution in [0.15, 0.2) is 12.2 Å². The zero-order valence-electron chi connectivity index (χ0n) is 35.8. The van der Waals surface area contributed by atoms with Gasteiger partial charge in [-0.15, -0.1) is 0 Å². The maximum Gasteiger partial charge on any atom is 0.472 e. The molecule has 0 fully saturated rings. The van der Waals surface area contributed by atoms with Gasteiger partial charge in [0.1, 0.15) is 13.2 Å². The fraction of sp³-hybridized carbons (Fsp3) is 0.932. The minimum Gasteiger partial charge on any atom is -0.387 e. The second-order valence-electron chi connectivity index (χ2n) is 16.8. The molecule has 1 amide bonds. The molecule has 9 heteroatoms. The standard InChI is InChI=1S/C44H89N2O6P/c1-6-8-10-12-14-16-17-18-19-20-21-22-23-24-25-26-27-28-29-30-31-33-35-37-43(47)42(41-52-53(49,50)51-40-39-46(3,4)5)45-44(48)38-36-34-32-15-13-11-9-7-2/h35,37,42-43,47H,6-34,36,38-41H2,1-5H3,(H-,45,48,49,50)/p+1/b37-35+. The first-order chi connectivity index (χ1) is 25.5. The lowest BCUT2D eigenvalue weighted by molar-refractivity contribution is -0.870. The van der Waals surface area contributed by atoms with Crippen LogP contribution in [0.5, 0.6) is 0 Å². The van der Waals surface area contributed by atoms with Crippen molar-refractivity contribution in [2.75, 3.05) is 40.9 Å². The van der Waals surface area contributed by atoms with Crippen molar-refractivity contribution in [3.05, 3.63) is 12.2 Å². The number of nitrogens with one attached hydrogen (secondary N) is 1. The summed E-state index contributed by atoms with van der Waals surface area (Å²) in [6.45, 7) is 4.79. The molecular formula is C44H90N2O6P+. The van der Waals surface area contributed by atoms with Gasteiger partial charge in [0.05, 0.1) is 39.9 Å². The van der Waals surface area contributed by atoms with Gasteiger partial charge >= 0.3 is 7.82 Å². The zero-order chi connectivity index (χ0) is 39.3. The Kier molecular flexibility index (Phi) is 36.3. The Morgan fingerprint density at radius 2 is 1.00 bits per heavy atom. The third-order valence-electron chi connectivity index (χ3n) is 10.3. The van der Waals surface area contributed by atoms with E-state index in [9.17, 15) is 19.4 Å². The highest BCUT2D eigenvalue weighted by Gasteiger charge is 2.27. The third kappa shape index (κ3) is 39.3. The van der Waals surface area contributed by atoms with E-state index in [2.05, 4.69) is 19.2 Å². The third-order valence-corrected chi connectivity index (χ3v) is 11.2. The highest BCUT2D eigenvalue weighted by molar-refractivity contribution is 7.47. The lowest BCUT2D eigenvalue weighted by Gasteiger charge is -2.25. The number of aliphatic hydroxyl groups excluding tert-OH is 1. The van der Waals surface area contributed by atoms with Crippen molar-refractivity contribution in [3.8, 4) is 0 Å². The van der Waals surface area contributed by atoms with Crippen LogP contribution < -0.4 is 5.32 Å². The predicted molar refractivity (Wildman–Crippen MR) is 226 cm³/mol. The number of unbranched alkanes of at least 4 members (excludes halogenated alkanes) is 28. The summed E-state index contributed by atoms with van der Waals surface area (Å²) in [4.78, 5) is 23.0. The SMILES string of the molecule is CCCCCCCCCCCCCCCCCCCCCCC/C=C/C(O)C(COP(=O)(O)OCC[N+](C)(C)C)NC(=O)CCCCCCCCCC. The maximum atomic E-state index is 12.7. The van der Waals surface area contributed by atoms with Gasteiger partial charge in [-0.3, -0.25) is 13.8 Å². The second-order valence-corrected chi connectivity index (χ2v) is 18.2. The summed E-state index contributed by atoms with van der Waals surface area (Å²) >= 11 is 0. The molecular weight excluding hydrogens is 683 g/mol. The van der Waals surface area contributed by atoms with Crippen molar-refractivity contribution in [2.24, 2.45) is 0 Å². The molecule has 0 rings (SSSR count). The Morgan fingerprint density at radius 1 is 0.623 bits per heavy atom. The van der Waals surface area contributed by atoms with Gasteiger partial charge in [-0.2, -0.15) is 0 Å². The highest BCUT2D eigenvalue weighted by atomic mass is 31.2. The van der Waals surface area contributed by atoms with Gasteiger partial charge in [0.25, 0.3) is 0 Å². The molecule has 3 unspecified atom stereocenters. The Morgan fingerprint density at radius 3 is 1.40 bits per heavy atom. The summed E-state index contributed by atoms with van der Waals surface area (Å²) < 4.78 is 23.5. The van der Waals surface area contributed by atoms with E-state index in [0.717, 1.165) is 32.1 Å². The van der Waals surface area contributed by atoms with Gasteiger partial charge in [-0.1, -0.05) is 199 Å². The van der Waals surface area contributed by atoms with Crippen LogP contribution in [0, 0.1) is 0 Å². The smallest absolute Gasteiger partial charge is 0.387 e. The molecule has 0 bridgehead atoms. The minimum absolute atomic E-state index is 0.0642. The maximum absolute atomic E-state index is 12.7. The minimum atomic E-state index is -4.32. The summed E-state index contributed by atoms with van der Waals surface area (Å²) in [6, 6.07) is -0.838. The first kappa shape index (κ1) is 52.2. The van der Waals surface area contributed by atoms with Crippen molar-refractivity contribution in [1.29, 1.82) is 0 Å². The Bertz CT molecular complexity index is 880. The number of hydrogen-bond donors (Lipinski definition) is 3. The monoisotopic (exact) mass is 774 g/mol. The molecule has 0 aromatic carbocycles. The van der Waals surface area contributed by atoms with Gasteiger partial charge in [0, 0.05) is 6.42 Å². The number of rotatable bonds is 41. The van der Waals surface area contributed by atoms with E-state index in [4.69, 9.17) is 9.05 Å². The summed E-state index contributed by atoms with van der Waals surface area (Å²) in [5, 5.41) is 13.8. The summed E-state index contributed by atoms with van der Waals surface area (Å²) in [7, 11) is 1.58. The van der Waals surface area contributed by atoms with Gasteiger partial charge < -0.3 is 19.8 Å². The molecule has 3 atom stereocenters. The lowest BCUT2D eigenvalue weighted by atomic mass is 10.0. The Labute approximate surface area is 329 Å². The molecule has 316 valence electrons. The number of allylic oxidation sites excluding steroid dienone is 1. The summed E-state index contributed by atoms with van der Waals surface area (Å²) in [6.07, 6.45) is 41.6. The number of carbonyl (C=O) groups is 1. The Balaban J connectivity index is 4.21. The van der Waals surface area contributed by atoms with Crippen LogP contribution in [0.25, 0.3) is 0 Å². The van der Waals surface area contributed by atoms with Crippen molar-refractivity contribution < 1.29 is 32.9 Å². The normalized spacial score (nSPS) is 14.5. The zero-order valence-corrected chi connectivity index (χ0v) is 36.7. The van der Waals surface area contributed by atoms with E-state index in [-0.39, 0.29) is 19.1 Å². The fourth-order valence-electron chi connectivity index (χ4n) is 6.63. The number of quaternary nitrogens is 1. The van der Waals surface area contributed by atoms with Crippen molar-refractivity contribution in [3.63, 3.8) is 0 Å². The molecule has 0 aromatic heterocycles. The topological polar surface area (TPSA) is 105 Å². The van der Waals surface area contributed by atoms with E-state index < -0.39 is 20.0 Å². The van der Waals surface area contributed by atoms with Crippen LogP contribution in [-0.4, -0.2) is 73.4 Å². The van der Waals surface area contributed by atoms with Crippen LogP contribution in [0.3, 0.4) is 0 Å². The van der Waals surface area contributed by atoms with E-state index in [0.29, 0.717) is 17.4 Å². The number of phosphoric acid groups is 1. The van der Waals surface area contributed by atoms with Gasteiger partial charge in [0.15, 0.2) is 0 Å². The highest BCUT2D eigenvalue weighted by Crippen LogP contribution is 2.43. The molecule has 0 aliphatic heterocycles. The molecule has 8 nitrogen and oxygen atoms in total. The predicted octanol–water partition coefficient (Wildman–Crippen LogP) is 12.4. The number of phosphoric ester groups is 1. The fourth-order valence-corrected chi connectivity index (χ4v) is 7.37. The molecule has 0 spiro atoms. The van der Waals surface area contributed by atoms with Crippen LogP contribution in [-0.2, 0) is 18.4 Å². The molecule has 0 saturated heterocycles. The molecule has 0 radical (unpaired) electrons. The number of carbonyl (C=O) groups excluding carboxylic acids is 1. The lowest BCUT2D eigenvalue weighted by Crippen LogP contribution is -2.45. The summed E-state index contributed by atoms with van der Waals surface area (Å²) in [5.74, 6) is -0.180. The summed E-state index contributed by atoms with van der Waals surface area (Å²) in [5.41, 5.74) is 0. The molecule has 53 heavy (non-hydrogen) atoms. The van der Waals surface area contributed by atoms with Crippen molar-refractivity contribution in [2.45, 2.75) is 225 Å². The molecule has 0 aromatic rings. The molecule has 3 N–H and O–H groups in total. The molecule has 0 aliphatic rings. The molecule has 0 heterocycles. The van der Waals surface area contributed by atoms with Crippen molar-refractivity contribution >= 4 is 13.7 Å². The largest absolute Gasteiger partial charge is 0.472 e. The van der Waals surface area contributed by atoms with E-state index in [1.807, 2.05) is 27.2 Å². The Hall–Kier alpha value is -0.760. The van der Waals surface area contributed by atoms with Crippen LogP contribution in [0.4, 0.5) is 0 Å².